The number of hydrazine groups is 1. The van der Waals surface area contributed by atoms with E-state index in [0.717, 1.165) is 24.8 Å². The number of esters is 2. The van der Waals surface area contributed by atoms with Crippen molar-refractivity contribution >= 4 is 32.0 Å². The normalized spacial score (nSPS) is 18.8. The molecule has 222 valence electrons. The molecule has 2 aromatic rings. The summed E-state index contributed by atoms with van der Waals surface area (Å²) >= 11 is 0. The first-order chi connectivity index (χ1) is 19.5. The Kier molecular flexibility index (Phi) is 9.40. The van der Waals surface area contributed by atoms with Gasteiger partial charge in [0.25, 0.3) is 20.0 Å². The largest absolute Gasteiger partial charge is 0.464 e. The highest BCUT2D eigenvalue weighted by atomic mass is 32.2. The Morgan fingerprint density at radius 1 is 0.829 bits per heavy atom. The number of sulfonamides is 2. The molecule has 2 aliphatic rings. The van der Waals surface area contributed by atoms with Crippen LogP contribution in [0, 0.1) is 6.92 Å². The van der Waals surface area contributed by atoms with Crippen molar-refractivity contribution < 1.29 is 35.9 Å². The summed E-state index contributed by atoms with van der Waals surface area (Å²) in [6.45, 7) is 4.63. The Morgan fingerprint density at radius 3 is 2.00 bits per heavy atom. The number of carbonyl (C=O) groups excluding carboxylic acids is 2. The molecule has 1 aliphatic heterocycles. The molecule has 11 nitrogen and oxygen atoms in total. The summed E-state index contributed by atoms with van der Waals surface area (Å²) in [4.78, 5) is 26.5. The fourth-order valence-corrected chi connectivity index (χ4v) is 8.31. The molecule has 1 heterocycles. The Labute approximate surface area is 241 Å². The summed E-state index contributed by atoms with van der Waals surface area (Å²) in [5.41, 5.74) is 0.331. The monoisotopic (exact) mass is 605 g/mol. The summed E-state index contributed by atoms with van der Waals surface area (Å²) in [5.74, 6) is -2.48. The zero-order chi connectivity index (χ0) is 29.8. The van der Waals surface area contributed by atoms with Crippen molar-refractivity contribution in [2.24, 2.45) is 0 Å². The minimum atomic E-state index is -4.76. The number of carbonyl (C=O) groups is 2. The van der Waals surface area contributed by atoms with Crippen molar-refractivity contribution in [3.05, 3.63) is 71.6 Å². The van der Waals surface area contributed by atoms with Crippen LogP contribution in [0.2, 0.25) is 0 Å². The standard InChI is InChI=1S/C28H35N3O8S2/c1-4-38-27(32)24-25(28(33)39-5-2)30(40(34,35)22-14-10-7-11-15-22)31(26(24)29-21-12-8-6-9-13-21)41(36,37)23-18-16-20(3)17-19-23/h7,10-11,14-19,21,25,29H,4-6,8-9,12-13H2,1-3H3. The molecule has 2 aromatic carbocycles. The number of nitrogens with zero attached hydrogens (tertiary/aromatic N) is 2. The van der Waals surface area contributed by atoms with Gasteiger partial charge in [-0.05, 0) is 57.9 Å². The van der Waals surface area contributed by atoms with Crippen molar-refractivity contribution in [1.82, 2.24) is 14.1 Å². The number of hydrogen-bond acceptors (Lipinski definition) is 9. The highest BCUT2D eigenvalue weighted by Gasteiger charge is 2.57. The molecule has 0 bridgehead atoms. The lowest BCUT2D eigenvalue weighted by molar-refractivity contribution is -0.150. The van der Waals surface area contributed by atoms with E-state index in [1.54, 1.807) is 32.0 Å². The molecule has 0 spiro atoms. The molecular weight excluding hydrogens is 570 g/mol. The molecule has 0 aromatic heterocycles. The van der Waals surface area contributed by atoms with Gasteiger partial charge in [-0.15, -0.1) is 0 Å². The molecular formula is C28H35N3O8S2. The van der Waals surface area contributed by atoms with E-state index in [9.17, 15) is 26.4 Å². The van der Waals surface area contributed by atoms with E-state index in [4.69, 9.17) is 9.47 Å². The molecule has 13 heteroatoms. The first-order valence-corrected chi connectivity index (χ1v) is 16.5. The van der Waals surface area contributed by atoms with E-state index in [1.165, 1.54) is 43.3 Å². The third-order valence-electron chi connectivity index (χ3n) is 6.90. The van der Waals surface area contributed by atoms with Crippen LogP contribution in [0.15, 0.2) is 75.8 Å². The minimum Gasteiger partial charge on any atom is -0.464 e. The molecule has 1 aliphatic carbocycles. The van der Waals surface area contributed by atoms with Crippen LogP contribution in [0.25, 0.3) is 0 Å². The van der Waals surface area contributed by atoms with Gasteiger partial charge in [-0.25, -0.2) is 18.0 Å². The first-order valence-electron chi connectivity index (χ1n) is 13.6. The van der Waals surface area contributed by atoms with Crippen LogP contribution in [-0.4, -0.2) is 62.9 Å². The van der Waals surface area contributed by atoms with Gasteiger partial charge in [0.05, 0.1) is 23.0 Å². The predicted octanol–water partition coefficient (Wildman–Crippen LogP) is 3.23. The lowest BCUT2D eigenvalue weighted by Gasteiger charge is -2.34. The van der Waals surface area contributed by atoms with Gasteiger partial charge in [0, 0.05) is 6.04 Å². The van der Waals surface area contributed by atoms with Crippen molar-refractivity contribution in [2.45, 2.75) is 74.7 Å². The second kappa shape index (κ2) is 12.6. The van der Waals surface area contributed by atoms with Crippen LogP contribution in [-0.2, 0) is 39.1 Å². The topological polar surface area (TPSA) is 139 Å². The van der Waals surface area contributed by atoms with Crippen LogP contribution in [0.5, 0.6) is 0 Å². The molecule has 1 saturated carbocycles. The SMILES string of the molecule is CCOC(=O)C1=C(NC2CCCCC2)N(S(=O)(=O)c2ccc(C)cc2)N(S(=O)(=O)c2ccccc2)C1C(=O)OCC. The average Bonchev–Trinajstić information content (AvgIpc) is 3.31. The van der Waals surface area contributed by atoms with Gasteiger partial charge in [-0.1, -0.05) is 59.6 Å². The smallest absolute Gasteiger partial charge is 0.340 e. The predicted molar refractivity (Wildman–Crippen MR) is 150 cm³/mol. The Bertz CT molecular complexity index is 1500. The third kappa shape index (κ3) is 6.11. The fourth-order valence-electron chi connectivity index (χ4n) is 4.94. The maximum absolute atomic E-state index is 14.4. The van der Waals surface area contributed by atoms with Crippen molar-refractivity contribution in [3.8, 4) is 0 Å². The highest BCUT2D eigenvalue weighted by Crippen LogP contribution is 2.40. The number of rotatable bonds is 10. The fraction of sp³-hybridized carbons (Fsp3) is 0.429. The summed E-state index contributed by atoms with van der Waals surface area (Å²) in [6.07, 6.45) is 4.03. The van der Waals surface area contributed by atoms with Crippen LogP contribution in [0.3, 0.4) is 0 Å². The summed E-state index contributed by atoms with van der Waals surface area (Å²) in [7, 11) is -9.48. The second-order valence-corrected chi connectivity index (χ2v) is 13.3. The number of hydrogen-bond donors (Lipinski definition) is 1. The molecule has 1 unspecified atom stereocenters. The van der Waals surface area contributed by atoms with Crippen LogP contribution in [0.1, 0.15) is 51.5 Å². The average molecular weight is 606 g/mol. The molecule has 0 amide bonds. The Hall–Kier alpha value is -3.42. The maximum Gasteiger partial charge on any atom is 0.340 e. The van der Waals surface area contributed by atoms with Crippen molar-refractivity contribution in [2.75, 3.05) is 13.2 Å². The molecule has 41 heavy (non-hydrogen) atoms. The zero-order valence-corrected chi connectivity index (χ0v) is 24.9. The number of nitrogens with one attached hydrogen (secondary N) is 1. The molecule has 1 fully saturated rings. The Morgan fingerprint density at radius 2 is 1.41 bits per heavy atom. The molecule has 0 saturated heterocycles. The minimum absolute atomic E-state index is 0.0925. The molecule has 1 N–H and O–H groups in total. The molecule has 4 rings (SSSR count). The van der Waals surface area contributed by atoms with Crippen molar-refractivity contribution in [1.29, 1.82) is 0 Å². The number of aryl methyl sites for hydroxylation is 1. The first kappa shape index (κ1) is 30.5. The maximum atomic E-state index is 14.4. The number of ether oxygens (including phenoxy) is 2. The zero-order valence-electron chi connectivity index (χ0n) is 23.3. The third-order valence-corrected chi connectivity index (χ3v) is 10.4. The van der Waals surface area contributed by atoms with E-state index in [-0.39, 0.29) is 34.9 Å². The van der Waals surface area contributed by atoms with Crippen LogP contribution >= 0.6 is 0 Å². The lowest BCUT2D eigenvalue weighted by Crippen LogP contribution is -2.54. The molecule has 1 atom stereocenters. The highest BCUT2D eigenvalue weighted by molar-refractivity contribution is 7.92. The van der Waals surface area contributed by atoms with Crippen molar-refractivity contribution in [3.63, 3.8) is 0 Å². The van der Waals surface area contributed by atoms with E-state index in [1.807, 2.05) is 0 Å². The van der Waals surface area contributed by atoms with Gasteiger partial charge in [0.1, 0.15) is 11.4 Å². The lowest BCUT2D eigenvalue weighted by atomic mass is 9.95. The number of benzene rings is 2. The van der Waals surface area contributed by atoms with Gasteiger partial charge in [-0.3, -0.25) is 0 Å². The van der Waals surface area contributed by atoms with E-state index in [0.29, 0.717) is 21.7 Å². The van der Waals surface area contributed by atoms with Gasteiger partial charge in [0.2, 0.25) is 0 Å². The quantitative estimate of drug-likeness (QED) is 0.404. The summed E-state index contributed by atoms with van der Waals surface area (Å²) < 4.78 is 68.8. The summed E-state index contributed by atoms with van der Waals surface area (Å²) in [6, 6.07) is 10.7. The second-order valence-electron chi connectivity index (χ2n) is 9.77. The van der Waals surface area contributed by atoms with Gasteiger partial charge >= 0.3 is 11.9 Å². The van der Waals surface area contributed by atoms with Gasteiger partial charge < -0.3 is 14.8 Å². The van der Waals surface area contributed by atoms with Gasteiger partial charge in [-0.2, -0.15) is 12.8 Å². The van der Waals surface area contributed by atoms with E-state index in [2.05, 4.69) is 5.32 Å². The Balaban J connectivity index is 2.04. The van der Waals surface area contributed by atoms with Gasteiger partial charge in [0.15, 0.2) is 6.04 Å². The van der Waals surface area contributed by atoms with E-state index < -0.39 is 43.6 Å². The van der Waals surface area contributed by atoms with E-state index >= 15 is 0 Å². The van der Waals surface area contributed by atoms with Crippen LogP contribution < -0.4 is 5.32 Å². The van der Waals surface area contributed by atoms with Crippen LogP contribution in [0.4, 0.5) is 0 Å². The molecule has 0 radical (unpaired) electrons. The summed E-state index contributed by atoms with van der Waals surface area (Å²) in [5, 5.41) is 3.14.